The van der Waals surface area contributed by atoms with Gasteiger partial charge in [0.15, 0.2) is 5.75 Å². The van der Waals surface area contributed by atoms with Gasteiger partial charge in [0.25, 0.3) is 5.16 Å². The maximum absolute atomic E-state index is 12.2. The van der Waals surface area contributed by atoms with Crippen molar-refractivity contribution >= 4 is 9.84 Å². The van der Waals surface area contributed by atoms with E-state index in [-0.39, 0.29) is 5.69 Å². The van der Waals surface area contributed by atoms with Crippen LogP contribution in [-0.2, 0) is 9.84 Å². The van der Waals surface area contributed by atoms with Gasteiger partial charge in [-0.2, -0.15) is 17.9 Å². The first-order chi connectivity index (χ1) is 8.80. The molecule has 1 heterocycles. The van der Waals surface area contributed by atoms with Crippen LogP contribution in [0.2, 0.25) is 0 Å². The second-order valence-electron chi connectivity index (χ2n) is 3.58. The van der Waals surface area contributed by atoms with E-state index in [0.29, 0.717) is 0 Å². The highest BCUT2D eigenvalue weighted by molar-refractivity contribution is 7.91. The average Bonchev–Trinajstić information content (AvgIpc) is 2.76. The van der Waals surface area contributed by atoms with Crippen molar-refractivity contribution in [2.75, 3.05) is 5.75 Å². The quantitative estimate of drug-likeness (QED) is 0.843. The van der Waals surface area contributed by atoms with Crippen molar-refractivity contribution in [3.05, 3.63) is 30.3 Å². The molecule has 1 aromatic heterocycles. The molecule has 0 atom stereocenters. The number of rotatable bonds is 3. The van der Waals surface area contributed by atoms with Crippen LogP contribution in [-0.4, -0.2) is 40.6 Å². The van der Waals surface area contributed by atoms with Crippen LogP contribution in [0.5, 0.6) is 0 Å². The molecule has 2 aromatic rings. The van der Waals surface area contributed by atoms with E-state index in [2.05, 4.69) is 15.5 Å². The van der Waals surface area contributed by atoms with Crippen LogP contribution in [0.4, 0.5) is 13.2 Å². The molecule has 0 fully saturated rings. The van der Waals surface area contributed by atoms with Gasteiger partial charge in [0.1, 0.15) is 0 Å². The number of sulfone groups is 1. The molecule has 0 aliphatic rings. The second kappa shape index (κ2) is 4.61. The lowest BCUT2D eigenvalue weighted by molar-refractivity contribution is -0.106. The third-order valence-corrected chi connectivity index (χ3v) is 3.59. The summed E-state index contributed by atoms with van der Waals surface area (Å²) in [7, 11) is -4.65. The summed E-state index contributed by atoms with van der Waals surface area (Å²) >= 11 is 0. The highest BCUT2D eigenvalue weighted by Gasteiger charge is 2.39. The Bertz CT molecular complexity index is 666. The van der Waals surface area contributed by atoms with E-state index in [9.17, 15) is 21.6 Å². The first-order valence-electron chi connectivity index (χ1n) is 4.93. The largest absolute Gasteiger partial charge is 0.403 e. The molecule has 0 aliphatic heterocycles. The number of aromatic nitrogens is 4. The molecule has 0 saturated heterocycles. The van der Waals surface area contributed by atoms with Gasteiger partial charge >= 0.3 is 6.18 Å². The van der Waals surface area contributed by atoms with E-state index in [1.165, 1.54) is 12.1 Å². The van der Waals surface area contributed by atoms with Crippen molar-refractivity contribution < 1.29 is 21.6 Å². The van der Waals surface area contributed by atoms with Crippen molar-refractivity contribution in [3.63, 3.8) is 0 Å². The maximum atomic E-state index is 12.2. The van der Waals surface area contributed by atoms with Gasteiger partial charge in [-0.1, -0.05) is 23.3 Å². The van der Waals surface area contributed by atoms with Gasteiger partial charge in [0, 0.05) is 0 Å². The van der Waals surface area contributed by atoms with Crippen LogP contribution >= 0.6 is 0 Å². The average molecular weight is 292 g/mol. The summed E-state index contributed by atoms with van der Waals surface area (Å²) in [6, 6.07) is 7.78. The lowest BCUT2D eigenvalue weighted by Gasteiger charge is -2.07. The molecule has 0 saturated carbocycles. The second-order valence-corrected chi connectivity index (χ2v) is 5.47. The van der Waals surface area contributed by atoms with Gasteiger partial charge in [-0.3, -0.25) is 0 Å². The minimum atomic E-state index is -4.85. The van der Waals surface area contributed by atoms with Crippen molar-refractivity contribution in [2.45, 2.75) is 11.3 Å². The molecule has 1 aromatic carbocycles. The van der Waals surface area contributed by atoms with Crippen LogP contribution in [0.3, 0.4) is 0 Å². The van der Waals surface area contributed by atoms with E-state index in [0.717, 1.165) is 4.68 Å². The molecule has 102 valence electrons. The number of benzene rings is 1. The van der Waals surface area contributed by atoms with E-state index in [1.807, 2.05) is 0 Å². The number of hydrogen-bond donors (Lipinski definition) is 0. The lowest BCUT2D eigenvalue weighted by Crippen LogP contribution is -2.25. The highest BCUT2D eigenvalue weighted by Crippen LogP contribution is 2.22. The van der Waals surface area contributed by atoms with Gasteiger partial charge in [-0.15, -0.1) is 0 Å². The molecule has 2 rings (SSSR count). The zero-order valence-electron chi connectivity index (χ0n) is 9.24. The summed E-state index contributed by atoms with van der Waals surface area (Å²) in [5.41, 5.74) is 0.258. The molecule has 0 amide bonds. The molecule has 0 radical (unpaired) electrons. The van der Waals surface area contributed by atoms with Crippen LogP contribution < -0.4 is 0 Å². The Morgan fingerprint density at radius 2 is 1.79 bits per heavy atom. The van der Waals surface area contributed by atoms with Gasteiger partial charge in [-0.05, 0) is 22.6 Å². The van der Waals surface area contributed by atoms with Gasteiger partial charge < -0.3 is 0 Å². The molecular formula is C9H7F3N4O2S. The third kappa shape index (κ3) is 3.08. The zero-order valence-corrected chi connectivity index (χ0v) is 10.1. The topological polar surface area (TPSA) is 77.7 Å². The standard InChI is InChI=1S/C9H7F3N4O2S/c10-9(11,12)6-19(17,18)8-13-14-15-16(8)7-4-2-1-3-5-7/h1-5H,6H2. The van der Waals surface area contributed by atoms with E-state index in [4.69, 9.17) is 0 Å². The van der Waals surface area contributed by atoms with Crippen molar-refractivity contribution in [1.82, 2.24) is 20.2 Å². The van der Waals surface area contributed by atoms with Crippen LogP contribution in [0, 0.1) is 0 Å². The zero-order chi connectivity index (χ0) is 14.1. The first kappa shape index (κ1) is 13.5. The Morgan fingerprint density at radius 1 is 1.16 bits per heavy atom. The van der Waals surface area contributed by atoms with Crippen molar-refractivity contribution in [2.24, 2.45) is 0 Å². The van der Waals surface area contributed by atoms with Crippen LogP contribution in [0.1, 0.15) is 0 Å². The number of halogens is 3. The Kier molecular flexibility index (Phi) is 3.27. The summed E-state index contributed by atoms with van der Waals surface area (Å²) < 4.78 is 60.7. The SMILES string of the molecule is O=S(=O)(CC(F)(F)F)c1nnnn1-c1ccccc1. The fourth-order valence-corrected chi connectivity index (χ4v) is 2.51. The smallest absolute Gasteiger partial charge is 0.220 e. The van der Waals surface area contributed by atoms with Crippen LogP contribution in [0.25, 0.3) is 5.69 Å². The fourth-order valence-electron chi connectivity index (χ4n) is 1.38. The molecular weight excluding hydrogens is 285 g/mol. The minimum Gasteiger partial charge on any atom is -0.220 e. The number of nitrogens with zero attached hydrogens (tertiary/aromatic N) is 4. The van der Waals surface area contributed by atoms with E-state index < -0.39 is 26.9 Å². The predicted octanol–water partition coefficient (Wildman–Crippen LogP) is 0.998. The van der Waals surface area contributed by atoms with Gasteiger partial charge in [0.05, 0.1) is 5.69 Å². The Labute approximate surface area is 105 Å². The normalized spacial score (nSPS) is 12.6. The maximum Gasteiger partial charge on any atom is 0.403 e. The Hall–Kier alpha value is -1.97. The molecule has 0 spiro atoms. The molecule has 0 N–H and O–H groups in total. The van der Waals surface area contributed by atoms with Crippen molar-refractivity contribution in [1.29, 1.82) is 0 Å². The number of tetrazole rings is 1. The molecule has 0 unspecified atom stereocenters. The number of alkyl halides is 3. The van der Waals surface area contributed by atoms with Crippen molar-refractivity contribution in [3.8, 4) is 5.69 Å². The molecule has 19 heavy (non-hydrogen) atoms. The summed E-state index contributed by atoms with van der Waals surface area (Å²) in [6.45, 7) is 0. The highest BCUT2D eigenvalue weighted by atomic mass is 32.2. The molecule has 6 nitrogen and oxygen atoms in total. The van der Waals surface area contributed by atoms with E-state index >= 15 is 0 Å². The summed E-state index contributed by atoms with van der Waals surface area (Å²) in [5.74, 6) is -2.01. The lowest BCUT2D eigenvalue weighted by atomic mass is 10.3. The number of hydrogen-bond acceptors (Lipinski definition) is 5. The van der Waals surface area contributed by atoms with Gasteiger partial charge in [0.2, 0.25) is 9.84 Å². The van der Waals surface area contributed by atoms with Gasteiger partial charge in [-0.25, -0.2) is 8.42 Å². The third-order valence-electron chi connectivity index (χ3n) is 2.07. The molecule has 10 heteroatoms. The Morgan fingerprint density at radius 3 is 2.37 bits per heavy atom. The predicted molar refractivity (Wildman–Crippen MR) is 57.3 cm³/mol. The first-order valence-corrected chi connectivity index (χ1v) is 6.58. The summed E-state index contributed by atoms with van der Waals surface area (Å²) in [6.07, 6.45) is -4.85. The monoisotopic (exact) mass is 292 g/mol. The molecule has 0 bridgehead atoms. The van der Waals surface area contributed by atoms with Crippen LogP contribution in [0.15, 0.2) is 35.5 Å². The fraction of sp³-hybridized carbons (Fsp3) is 0.222. The minimum absolute atomic E-state index is 0.258. The molecule has 0 aliphatic carbocycles. The number of para-hydroxylation sites is 1. The Balaban J connectivity index is 2.46. The summed E-state index contributed by atoms with van der Waals surface area (Å²) in [4.78, 5) is 0. The van der Waals surface area contributed by atoms with E-state index in [1.54, 1.807) is 18.2 Å². The summed E-state index contributed by atoms with van der Waals surface area (Å²) in [5, 5.41) is 8.83.